The lowest BCUT2D eigenvalue weighted by molar-refractivity contribution is 0.108. The van der Waals surface area contributed by atoms with Crippen LogP contribution in [0.1, 0.15) is 17.2 Å². The molecule has 2 rings (SSSR count). The minimum Gasteiger partial charge on any atom is -0.490 e. The molecule has 0 saturated carbocycles. The van der Waals surface area contributed by atoms with E-state index in [0.29, 0.717) is 11.4 Å². The molecule has 2 aromatic rings. The van der Waals surface area contributed by atoms with Gasteiger partial charge in [-0.05, 0) is 24.1 Å². The molecule has 0 spiro atoms. The van der Waals surface area contributed by atoms with Crippen LogP contribution >= 0.6 is 0 Å². The number of anilines is 1. The number of aryl methyl sites for hydroxylation is 1. The average Bonchev–Trinajstić information content (AvgIpc) is 2.41. The highest BCUT2D eigenvalue weighted by molar-refractivity contribution is 5.50. The average molecular weight is 243 g/mol. The van der Waals surface area contributed by atoms with E-state index in [1.807, 2.05) is 49.4 Å². The quantitative estimate of drug-likeness (QED) is 0.812. The summed E-state index contributed by atoms with van der Waals surface area (Å²) >= 11 is 0. The highest BCUT2D eigenvalue weighted by atomic mass is 16.5. The van der Waals surface area contributed by atoms with Crippen LogP contribution in [0.4, 0.5) is 5.69 Å². The third-order valence-electron chi connectivity index (χ3n) is 2.84. The smallest absolute Gasteiger partial charge is 0.121 e. The Bertz CT molecular complexity index is 511. The van der Waals surface area contributed by atoms with Gasteiger partial charge in [-0.15, -0.1) is 0 Å². The molecular formula is C15H17NO2. The van der Waals surface area contributed by atoms with Gasteiger partial charge in [0.05, 0.1) is 0 Å². The van der Waals surface area contributed by atoms with Crippen molar-refractivity contribution < 1.29 is 9.84 Å². The molecule has 0 bridgehead atoms. The van der Waals surface area contributed by atoms with Crippen molar-refractivity contribution in [3.05, 3.63) is 59.7 Å². The Kier molecular flexibility index (Phi) is 3.85. The summed E-state index contributed by atoms with van der Waals surface area (Å²) in [6.45, 7) is 2.16. The van der Waals surface area contributed by atoms with Crippen molar-refractivity contribution in [2.45, 2.75) is 13.0 Å². The van der Waals surface area contributed by atoms with E-state index in [9.17, 15) is 5.11 Å². The van der Waals surface area contributed by atoms with Crippen LogP contribution in [0, 0.1) is 6.92 Å². The van der Waals surface area contributed by atoms with Crippen molar-refractivity contribution in [3.8, 4) is 5.75 Å². The molecule has 0 aliphatic heterocycles. The van der Waals surface area contributed by atoms with Crippen LogP contribution < -0.4 is 10.5 Å². The molecule has 1 unspecified atom stereocenters. The zero-order valence-electron chi connectivity index (χ0n) is 10.3. The van der Waals surface area contributed by atoms with Gasteiger partial charge in [-0.1, -0.05) is 36.4 Å². The van der Waals surface area contributed by atoms with E-state index in [0.717, 1.165) is 11.1 Å². The van der Waals surface area contributed by atoms with E-state index >= 15 is 0 Å². The Morgan fingerprint density at radius 2 is 1.89 bits per heavy atom. The largest absolute Gasteiger partial charge is 0.490 e. The normalized spacial score (nSPS) is 12.1. The minimum absolute atomic E-state index is 0.215. The molecule has 3 nitrogen and oxygen atoms in total. The van der Waals surface area contributed by atoms with Crippen LogP contribution in [0.15, 0.2) is 48.5 Å². The first-order valence-electron chi connectivity index (χ1n) is 5.89. The van der Waals surface area contributed by atoms with E-state index in [-0.39, 0.29) is 6.61 Å². The molecule has 3 N–H and O–H groups in total. The molecule has 1 atom stereocenters. The van der Waals surface area contributed by atoms with Crippen molar-refractivity contribution in [2.24, 2.45) is 0 Å². The molecule has 0 saturated heterocycles. The zero-order valence-corrected chi connectivity index (χ0v) is 10.3. The molecular weight excluding hydrogens is 226 g/mol. The fraction of sp³-hybridized carbons (Fsp3) is 0.200. The van der Waals surface area contributed by atoms with Gasteiger partial charge in [0.25, 0.3) is 0 Å². The summed E-state index contributed by atoms with van der Waals surface area (Å²) in [7, 11) is 0. The van der Waals surface area contributed by atoms with Crippen LogP contribution in [-0.2, 0) is 0 Å². The second-order valence-corrected chi connectivity index (χ2v) is 4.26. The first-order chi connectivity index (χ1) is 8.66. The zero-order chi connectivity index (χ0) is 13.0. The SMILES string of the molecule is Cc1ccc(OCC(O)c2ccccc2)cc1N. The monoisotopic (exact) mass is 243 g/mol. The van der Waals surface area contributed by atoms with Crippen LogP contribution in [0.25, 0.3) is 0 Å². The van der Waals surface area contributed by atoms with Crippen molar-refractivity contribution >= 4 is 5.69 Å². The first-order valence-corrected chi connectivity index (χ1v) is 5.89. The van der Waals surface area contributed by atoms with Crippen LogP contribution in [0.3, 0.4) is 0 Å². The van der Waals surface area contributed by atoms with Crippen LogP contribution in [-0.4, -0.2) is 11.7 Å². The predicted octanol–water partition coefficient (Wildman–Crippen LogP) is 2.69. The van der Waals surface area contributed by atoms with Gasteiger partial charge in [0.1, 0.15) is 18.5 Å². The van der Waals surface area contributed by atoms with Crippen molar-refractivity contribution in [1.29, 1.82) is 0 Å². The summed E-state index contributed by atoms with van der Waals surface area (Å²) in [4.78, 5) is 0. The van der Waals surface area contributed by atoms with Gasteiger partial charge < -0.3 is 15.6 Å². The molecule has 2 aromatic carbocycles. The Morgan fingerprint density at radius 3 is 2.56 bits per heavy atom. The molecule has 0 radical (unpaired) electrons. The first kappa shape index (κ1) is 12.5. The lowest BCUT2D eigenvalue weighted by Gasteiger charge is -2.13. The Labute approximate surface area is 107 Å². The number of benzene rings is 2. The molecule has 0 aromatic heterocycles. The fourth-order valence-corrected chi connectivity index (χ4v) is 1.65. The Balaban J connectivity index is 1.97. The maximum absolute atomic E-state index is 9.95. The number of hydrogen-bond donors (Lipinski definition) is 2. The maximum atomic E-state index is 9.95. The predicted molar refractivity (Wildman–Crippen MR) is 72.5 cm³/mol. The Hall–Kier alpha value is -2.00. The molecule has 0 fully saturated rings. The van der Waals surface area contributed by atoms with Gasteiger partial charge in [0, 0.05) is 11.8 Å². The van der Waals surface area contributed by atoms with Gasteiger partial charge in [-0.3, -0.25) is 0 Å². The third kappa shape index (κ3) is 3.02. The van der Waals surface area contributed by atoms with Gasteiger partial charge >= 0.3 is 0 Å². The van der Waals surface area contributed by atoms with Gasteiger partial charge in [-0.25, -0.2) is 0 Å². The number of aliphatic hydroxyl groups excluding tert-OH is 1. The van der Waals surface area contributed by atoms with Crippen molar-refractivity contribution in [1.82, 2.24) is 0 Å². The maximum Gasteiger partial charge on any atom is 0.121 e. The van der Waals surface area contributed by atoms with E-state index in [2.05, 4.69) is 0 Å². The third-order valence-corrected chi connectivity index (χ3v) is 2.84. The molecule has 18 heavy (non-hydrogen) atoms. The van der Waals surface area contributed by atoms with Crippen LogP contribution in [0.2, 0.25) is 0 Å². The molecule has 94 valence electrons. The molecule has 3 heteroatoms. The molecule has 0 amide bonds. The number of ether oxygens (including phenoxy) is 1. The summed E-state index contributed by atoms with van der Waals surface area (Å²) in [5, 5.41) is 9.95. The molecule has 0 aliphatic carbocycles. The van der Waals surface area contributed by atoms with Gasteiger partial charge in [0.2, 0.25) is 0 Å². The highest BCUT2D eigenvalue weighted by Crippen LogP contribution is 2.20. The summed E-state index contributed by atoms with van der Waals surface area (Å²) in [6.07, 6.45) is -0.631. The van der Waals surface area contributed by atoms with Crippen molar-refractivity contribution in [3.63, 3.8) is 0 Å². The van der Waals surface area contributed by atoms with E-state index in [1.165, 1.54) is 0 Å². The number of nitrogen functional groups attached to an aromatic ring is 1. The van der Waals surface area contributed by atoms with Crippen molar-refractivity contribution in [2.75, 3.05) is 12.3 Å². The number of rotatable bonds is 4. The number of nitrogens with two attached hydrogens (primary N) is 1. The summed E-state index contributed by atoms with van der Waals surface area (Å²) in [5.74, 6) is 0.674. The molecule has 0 aliphatic rings. The topological polar surface area (TPSA) is 55.5 Å². The minimum atomic E-state index is -0.631. The number of aliphatic hydroxyl groups is 1. The van der Waals surface area contributed by atoms with E-state index in [1.54, 1.807) is 6.07 Å². The summed E-state index contributed by atoms with van der Waals surface area (Å²) < 4.78 is 5.53. The van der Waals surface area contributed by atoms with E-state index < -0.39 is 6.10 Å². The Morgan fingerprint density at radius 1 is 1.17 bits per heavy atom. The van der Waals surface area contributed by atoms with E-state index in [4.69, 9.17) is 10.5 Å². The lowest BCUT2D eigenvalue weighted by atomic mass is 10.1. The van der Waals surface area contributed by atoms with Gasteiger partial charge in [-0.2, -0.15) is 0 Å². The standard InChI is InChI=1S/C15H17NO2/c1-11-7-8-13(9-14(11)16)18-10-15(17)12-5-3-2-4-6-12/h2-9,15,17H,10,16H2,1H3. The number of hydrogen-bond acceptors (Lipinski definition) is 3. The summed E-state index contributed by atoms with van der Waals surface area (Å²) in [5.41, 5.74) is 8.36. The molecule has 0 heterocycles. The second-order valence-electron chi connectivity index (χ2n) is 4.26. The van der Waals surface area contributed by atoms with Gasteiger partial charge in [0.15, 0.2) is 0 Å². The highest BCUT2D eigenvalue weighted by Gasteiger charge is 2.08. The summed E-state index contributed by atoms with van der Waals surface area (Å²) in [6, 6.07) is 15.0. The van der Waals surface area contributed by atoms with Crippen LogP contribution in [0.5, 0.6) is 5.75 Å². The fourth-order valence-electron chi connectivity index (χ4n) is 1.65. The lowest BCUT2D eigenvalue weighted by Crippen LogP contribution is -2.09. The second kappa shape index (κ2) is 5.56.